The van der Waals surface area contributed by atoms with Gasteiger partial charge < -0.3 is 9.64 Å². The molecule has 25 heavy (non-hydrogen) atoms. The maximum Gasteiger partial charge on any atom is 0.262 e. The molecule has 0 fully saturated rings. The lowest BCUT2D eigenvalue weighted by atomic mass is 10.2. The SMILES string of the molecule is CC(=O)N1CCOc2cc(S(=O)(=O)Nc3ccc(C)cc3Br)ccc21. The van der Waals surface area contributed by atoms with Crippen LogP contribution in [0.2, 0.25) is 0 Å². The molecular formula is C17H17BrN2O4S. The molecule has 1 N–H and O–H groups in total. The third-order valence-electron chi connectivity index (χ3n) is 3.85. The predicted octanol–water partition coefficient (Wildman–Crippen LogP) is 3.30. The molecule has 0 atom stereocenters. The second-order valence-electron chi connectivity index (χ2n) is 5.74. The summed E-state index contributed by atoms with van der Waals surface area (Å²) in [6.45, 7) is 4.16. The van der Waals surface area contributed by atoms with E-state index < -0.39 is 10.0 Å². The first-order valence-electron chi connectivity index (χ1n) is 7.62. The van der Waals surface area contributed by atoms with Crippen LogP contribution in [0.4, 0.5) is 11.4 Å². The Labute approximate surface area is 155 Å². The van der Waals surface area contributed by atoms with Crippen LogP contribution in [-0.2, 0) is 14.8 Å². The molecule has 6 nitrogen and oxygen atoms in total. The summed E-state index contributed by atoms with van der Waals surface area (Å²) in [5, 5.41) is 0. The smallest absolute Gasteiger partial charge is 0.262 e. The summed E-state index contributed by atoms with van der Waals surface area (Å²) >= 11 is 3.36. The van der Waals surface area contributed by atoms with E-state index in [1.165, 1.54) is 19.1 Å². The first kappa shape index (κ1) is 17.8. The highest BCUT2D eigenvalue weighted by atomic mass is 79.9. The van der Waals surface area contributed by atoms with Gasteiger partial charge in [0.1, 0.15) is 12.4 Å². The highest BCUT2D eigenvalue weighted by Crippen LogP contribution is 2.34. The monoisotopic (exact) mass is 424 g/mol. The average molecular weight is 425 g/mol. The van der Waals surface area contributed by atoms with E-state index in [1.54, 1.807) is 17.0 Å². The van der Waals surface area contributed by atoms with Gasteiger partial charge in [0, 0.05) is 17.5 Å². The van der Waals surface area contributed by atoms with Crippen LogP contribution < -0.4 is 14.4 Å². The van der Waals surface area contributed by atoms with Crippen LogP contribution in [-0.4, -0.2) is 27.5 Å². The lowest BCUT2D eigenvalue weighted by Crippen LogP contribution is -2.36. The zero-order valence-electron chi connectivity index (χ0n) is 13.7. The first-order chi connectivity index (χ1) is 11.8. The standard InChI is InChI=1S/C17H17BrN2O4S/c1-11-3-5-15(14(18)9-11)19-25(22,23)13-4-6-16-17(10-13)24-8-7-20(16)12(2)21/h3-6,9-10,19H,7-8H2,1-2H3. The molecule has 0 aliphatic carbocycles. The number of anilines is 2. The Morgan fingerprint density at radius 3 is 2.68 bits per heavy atom. The van der Waals surface area contributed by atoms with Crippen molar-refractivity contribution >= 4 is 43.2 Å². The zero-order chi connectivity index (χ0) is 18.2. The molecule has 2 aromatic rings. The summed E-state index contributed by atoms with van der Waals surface area (Å²) in [6, 6.07) is 9.85. The van der Waals surface area contributed by atoms with E-state index >= 15 is 0 Å². The van der Waals surface area contributed by atoms with Crippen molar-refractivity contribution < 1.29 is 17.9 Å². The highest BCUT2D eigenvalue weighted by Gasteiger charge is 2.24. The minimum absolute atomic E-state index is 0.0733. The number of nitrogens with zero attached hydrogens (tertiary/aromatic N) is 1. The lowest BCUT2D eigenvalue weighted by molar-refractivity contribution is -0.116. The van der Waals surface area contributed by atoms with E-state index in [1.807, 2.05) is 19.1 Å². The molecule has 0 saturated carbocycles. The normalized spacial score (nSPS) is 13.8. The Morgan fingerprint density at radius 2 is 2.00 bits per heavy atom. The predicted molar refractivity (Wildman–Crippen MR) is 99.7 cm³/mol. The van der Waals surface area contributed by atoms with Crippen molar-refractivity contribution in [3.8, 4) is 5.75 Å². The number of rotatable bonds is 3. The van der Waals surface area contributed by atoms with Gasteiger partial charge in [0.25, 0.3) is 10.0 Å². The van der Waals surface area contributed by atoms with Crippen molar-refractivity contribution in [3.63, 3.8) is 0 Å². The maximum absolute atomic E-state index is 12.7. The number of hydrogen-bond acceptors (Lipinski definition) is 4. The van der Waals surface area contributed by atoms with Crippen LogP contribution >= 0.6 is 15.9 Å². The van der Waals surface area contributed by atoms with Gasteiger partial charge in [-0.1, -0.05) is 6.07 Å². The van der Waals surface area contributed by atoms with Crippen LogP contribution in [0.15, 0.2) is 45.8 Å². The molecule has 8 heteroatoms. The molecule has 2 aromatic carbocycles. The number of benzene rings is 2. The second kappa shape index (κ2) is 6.68. The summed E-state index contributed by atoms with van der Waals surface area (Å²) < 4.78 is 34.1. The summed E-state index contributed by atoms with van der Waals surface area (Å²) in [5.74, 6) is 0.272. The summed E-state index contributed by atoms with van der Waals surface area (Å²) in [6.07, 6.45) is 0. The van der Waals surface area contributed by atoms with Gasteiger partial charge in [0.2, 0.25) is 5.91 Å². The fourth-order valence-electron chi connectivity index (χ4n) is 2.60. The summed E-state index contributed by atoms with van der Waals surface area (Å²) in [5.41, 5.74) is 2.05. The molecule has 0 saturated heterocycles. The van der Waals surface area contributed by atoms with E-state index in [0.29, 0.717) is 34.7 Å². The number of nitrogens with one attached hydrogen (secondary N) is 1. The number of carbonyl (C=O) groups is 1. The van der Waals surface area contributed by atoms with Gasteiger partial charge in [-0.25, -0.2) is 8.42 Å². The van der Waals surface area contributed by atoms with Gasteiger partial charge in [-0.05, 0) is 52.7 Å². The van der Waals surface area contributed by atoms with Gasteiger partial charge in [0.05, 0.1) is 22.8 Å². The zero-order valence-corrected chi connectivity index (χ0v) is 16.1. The van der Waals surface area contributed by atoms with Gasteiger partial charge in [-0.3, -0.25) is 9.52 Å². The van der Waals surface area contributed by atoms with E-state index in [-0.39, 0.29) is 10.8 Å². The molecule has 0 bridgehead atoms. The Balaban J connectivity index is 1.94. The number of aryl methyl sites for hydroxylation is 1. The minimum atomic E-state index is -3.78. The molecule has 3 rings (SSSR count). The summed E-state index contributed by atoms with van der Waals surface area (Å²) in [7, 11) is -3.78. The molecule has 1 aliphatic heterocycles. The van der Waals surface area contributed by atoms with Gasteiger partial charge >= 0.3 is 0 Å². The van der Waals surface area contributed by atoms with Crippen LogP contribution in [0, 0.1) is 6.92 Å². The molecule has 1 heterocycles. The van der Waals surface area contributed by atoms with Crippen molar-refractivity contribution in [1.82, 2.24) is 0 Å². The van der Waals surface area contributed by atoms with Crippen LogP contribution in [0.5, 0.6) is 5.75 Å². The van der Waals surface area contributed by atoms with E-state index in [2.05, 4.69) is 20.7 Å². The largest absolute Gasteiger partial charge is 0.489 e. The third-order valence-corrected chi connectivity index (χ3v) is 5.87. The highest BCUT2D eigenvalue weighted by molar-refractivity contribution is 9.10. The molecular weight excluding hydrogens is 408 g/mol. The first-order valence-corrected chi connectivity index (χ1v) is 9.89. The number of halogens is 1. The van der Waals surface area contributed by atoms with E-state index in [4.69, 9.17) is 4.74 Å². The Morgan fingerprint density at radius 1 is 1.24 bits per heavy atom. The van der Waals surface area contributed by atoms with Crippen LogP contribution in [0.3, 0.4) is 0 Å². The summed E-state index contributed by atoms with van der Waals surface area (Å²) in [4.78, 5) is 13.3. The van der Waals surface area contributed by atoms with Crippen molar-refractivity contribution in [3.05, 3.63) is 46.4 Å². The van der Waals surface area contributed by atoms with Gasteiger partial charge in [0.15, 0.2) is 0 Å². The lowest BCUT2D eigenvalue weighted by Gasteiger charge is -2.28. The van der Waals surface area contributed by atoms with Crippen LogP contribution in [0.25, 0.3) is 0 Å². The number of ether oxygens (including phenoxy) is 1. The molecule has 1 aliphatic rings. The van der Waals surface area contributed by atoms with Crippen molar-refractivity contribution in [2.75, 3.05) is 22.8 Å². The Bertz CT molecular complexity index is 944. The fraction of sp³-hybridized carbons (Fsp3) is 0.235. The fourth-order valence-corrected chi connectivity index (χ4v) is 4.42. The van der Waals surface area contributed by atoms with E-state index in [9.17, 15) is 13.2 Å². The number of amides is 1. The molecule has 0 spiro atoms. The third kappa shape index (κ3) is 3.64. The molecule has 1 amide bonds. The molecule has 132 valence electrons. The van der Waals surface area contributed by atoms with Crippen molar-refractivity contribution in [2.45, 2.75) is 18.7 Å². The number of carbonyl (C=O) groups excluding carboxylic acids is 1. The molecule has 0 aromatic heterocycles. The van der Waals surface area contributed by atoms with Crippen molar-refractivity contribution in [1.29, 1.82) is 0 Å². The minimum Gasteiger partial charge on any atom is -0.489 e. The van der Waals surface area contributed by atoms with Crippen molar-refractivity contribution in [2.24, 2.45) is 0 Å². The number of fused-ring (bicyclic) bond motifs is 1. The average Bonchev–Trinajstić information content (AvgIpc) is 2.56. The quantitative estimate of drug-likeness (QED) is 0.819. The van der Waals surface area contributed by atoms with Crippen LogP contribution in [0.1, 0.15) is 12.5 Å². The van der Waals surface area contributed by atoms with Gasteiger partial charge in [-0.2, -0.15) is 0 Å². The molecule has 0 unspecified atom stereocenters. The second-order valence-corrected chi connectivity index (χ2v) is 8.27. The van der Waals surface area contributed by atoms with Gasteiger partial charge in [-0.15, -0.1) is 0 Å². The number of sulfonamides is 1. The Hall–Kier alpha value is -2.06. The number of hydrogen-bond donors (Lipinski definition) is 1. The van der Waals surface area contributed by atoms with E-state index in [0.717, 1.165) is 5.56 Å². The maximum atomic E-state index is 12.7. The topological polar surface area (TPSA) is 75.7 Å². The Kier molecular flexibility index (Phi) is 4.75. The molecule has 0 radical (unpaired) electrons.